The summed E-state index contributed by atoms with van der Waals surface area (Å²) < 4.78 is 37.2. The smallest absolute Gasteiger partial charge is 0.467 e. The maximum absolute atomic E-state index is 12.3. The second-order valence-electron chi connectivity index (χ2n) is 8.61. The summed E-state index contributed by atoms with van der Waals surface area (Å²) in [6.07, 6.45) is -5.81. The molecule has 0 bridgehead atoms. The summed E-state index contributed by atoms with van der Waals surface area (Å²) in [5.41, 5.74) is 0.394. The van der Waals surface area contributed by atoms with Gasteiger partial charge in [-0.05, 0) is 29.8 Å². The Morgan fingerprint density at radius 1 is 0.900 bits per heavy atom. The maximum atomic E-state index is 12.3. The lowest BCUT2D eigenvalue weighted by Crippen LogP contribution is -2.60. The average Bonchev–Trinajstić information content (AvgIpc) is 2.91. The Hall–Kier alpha value is -4.72. The number of nitro groups is 1. The topological polar surface area (TPSA) is 176 Å². The van der Waals surface area contributed by atoms with Gasteiger partial charge in [-0.15, -0.1) is 0 Å². The number of hydrogen-bond acceptors (Lipinski definition) is 13. The van der Waals surface area contributed by atoms with Gasteiger partial charge in [-0.3, -0.25) is 19.7 Å². The molecule has 5 atom stereocenters. The third-order valence-electron chi connectivity index (χ3n) is 5.69. The quantitative estimate of drug-likeness (QED) is 0.144. The van der Waals surface area contributed by atoms with Gasteiger partial charge in [-0.1, -0.05) is 19.1 Å². The number of non-ortho nitro benzene ring substituents is 1. The van der Waals surface area contributed by atoms with Crippen molar-refractivity contribution >= 4 is 29.8 Å². The third kappa shape index (κ3) is 7.89. The van der Waals surface area contributed by atoms with Gasteiger partial charge in [-0.25, -0.2) is 9.59 Å². The molecule has 0 unspecified atom stereocenters. The molecule has 214 valence electrons. The lowest BCUT2D eigenvalue weighted by molar-refractivity contribution is -0.384. The van der Waals surface area contributed by atoms with Gasteiger partial charge in [0.2, 0.25) is 12.4 Å². The second kappa shape index (κ2) is 13.4. The van der Waals surface area contributed by atoms with E-state index in [-0.39, 0.29) is 23.8 Å². The first-order valence-corrected chi connectivity index (χ1v) is 11.9. The normalized spacial score (nSPS) is 21.9. The van der Waals surface area contributed by atoms with Crippen LogP contribution in [0.3, 0.4) is 0 Å². The molecule has 0 N–H and O–H groups in total. The fourth-order valence-electron chi connectivity index (χ4n) is 3.84. The van der Waals surface area contributed by atoms with E-state index in [1.54, 1.807) is 19.1 Å². The molecule has 1 heterocycles. The van der Waals surface area contributed by atoms with Crippen LogP contribution in [-0.2, 0) is 44.7 Å². The van der Waals surface area contributed by atoms with Gasteiger partial charge in [-0.2, -0.15) is 0 Å². The number of nitrogens with zero attached hydrogens (tertiary/aromatic N) is 1. The highest BCUT2D eigenvalue weighted by Crippen LogP contribution is 2.33. The fraction of sp³-hybridized carbons (Fsp3) is 0.385. The molecule has 3 rings (SSSR count). The Morgan fingerprint density at radius 3 is 2.02 bits per heavy atom. The first-order chi connectivity index (χ1) is 19.0. The Balaban J connectivity index is 1.66. The third-order valence-corrected chi connectivity index (χ3v) is 5.69. The Bertz CT molecular complexity index is 1230. The molecule has 2 aromatic rings. The molecule has 2 aromatic carbocycles. The number of nitro benzene ring substituents is 1. The van der Waals surface area contributed by atoms with Crippen molar-refractivity contribution in [2.24, 2.45) is 5.92 Å². The van der Waals surface area contributed by atoms with E-state index in [1.807, 2.05) is 0 Å². The Kier molecular flexibility index (Phi) is 9.97. The van der Waals surface area contributed by atoms with Crippen molar-refractivity contribution in [1.82, 2.24) is 0 Å². The van der Waals surface area contributed by atoms with Gasteiger partial charge in [0, 0.05) is 31.9 Å². The van der Waals surface area contributed by atoms with Crippen molar-refractivity contribution in [3.8, 4) is 11.5 Å². The highest BCUT2D eigenvalue weighted by Gasteiger charge is 2.52. The van der Waals surface area contributed by atoms with Crippen LogP contribution in [0.25, 0.3) is 0 Å². The number of ether oxygens (including phenoxy) is 7. The first-order valence-electron chi connectivity index (χ1n) is 11.9. The summed E-state index contributed by atoms with van der Waals surface area (Å²) >= 11 is 0. The Labute approximate surface area is 228 Å². The zero-order chi connectivity index (χ0) is 29.4. The molecular weight excluding hydrogens is 534 g/mol. The van der Waals surface area contributed by atoms with Crippen LogP contribution in [0.1, 0.15) is 26.3 Å². The van der Waals surface area contributed by atoms with Crippen molar-refractivity contribution < 1.29 is 57.3 Å². The minimum Gasteiger partial charge on any atom is -0.467 e. The van der Waals surface area contributed by atoms with Gasteiger partial charge in [0.25, 0.3) is 5.69 Å². The summed E-state index contributed by atoms with van der Waals surface area (Å²) in [6.45, 7) is 3.76. The summed E-state index contributed by atoms with van der Waals surface area (Å²) in [4.78, 5) is 58.0. The molecule has 0 aliphatic carbocycles. The zero-order valence-electron chi connectivity index (χ0n) is 22.0. The molecule has 1 aliphatic rings. The molecule has 0 amide bonds. The van der Waals surface area contributed by atoms with E-state index in [0.29, 0.717) is 5.56 Å². The van der Waals surface area contributed by atoms with Gasteiger partial charge in [0.05, 0.1) is 12.0 Å². The minimum atomic E-state index is -1.34. The second-order valence-corrected chi connectivity index (χ2v) is 8.61. The number of carbonyl (C=O) groups excluding carboxylic acids is 4. The highest BCUT2D eigenvalue weighted by atomic mass is 16.7. The van der Waals surface area contributed by atoms with Crippen LogP contribution in [0, 0.1) is 16.0 Å². The number of methoxy groups -OCH3 is 1. The van der Waals surface area contributed by atoms with E-state index in [4.69, 9.17) is 33.2 Å². The van der Waals surface area contributed by atoms with Crippen LogP contribution < -0.4 is 9.47 Å². The van der Waals surface area contributed by atoms with Crippen molar-refractivity contribution in [3.05, 3.63) is 64.2 Å². The standard InChI is InChI=1S/C26H27NO13/c1-14-21(36-15(2)28)23(37-16(3)29)25(40-22(14)24(30)34-4)38-19-9-5-17(6-10-19)13-35-26(31)39-20-11-7-18(8-12-20)27(32)33/h5-12,14,21-23,25H,13H2,1-4H3/t14-,21-,22-,23+,25+/m0/s1. The molecule has 0 saturated carbocycles. The van der Waals surface area contributed by atoms with Crippen LogP contribution >= 0.6 is 0 Å². The number of rotatable bonds is 9. The van der Waals surface area contributed by atoms with Crippen LogP contribution in [-0.4, -0.2) is 60.7 Å². The van der Waals surface area contributed by atoms with E-state index in [2.05, 4.69) is 0 Å². The first kappa shape index (κ1) is 29.8. The van der Waals surface area contributed by atoms with Crippen LogP contribution in [0.4, 0.5) is 10.5 Å². The summed E-state index contributed by atoms with van der Waals surface area (Å²) in [5, 5.41) is 10.7. The van der Waals surface area contributed by atoms with Crippen molar-refractivity contribution in [2.45, 2.75) is 52.0 Å². The summed E-state index contributed by atoms with van der Waals surface area (Å²) in [7, 11) is 1.18. The molecule has 14 heteroatoms. The monoisotopic (exact) mass is 561 g/mol. The number of carbonyl (C=O) groups is 4. The number of benzene rings is 2. The molecule has 0 spiro atoms. The Morgan fingerprint density at radius 2 is 1.48 bits per heavy atom. The SMILES string of the molecule is COC(=O)[C@H]1O[C@@H](Oc2ccc(COC(=O)Oc3ccc([N+](=O)[O-])cc3)cc2)[C@H](OC(C)=O)[C@@H](OC(C)=O)[C@@H]1C. The molecule has 0 radical (unpaired) electrons. The molecule has 1 fully saturated rings. The van der Waals surface area contributed by atoms with E-state index in [9.17, 15) is 29.3 Å². The predicted octanol–water partition coefficient (Wildman–Crippen LogP) is 3.09. The van der Waals surface area contributed by atoms with E-state index < -0.39 is 59.5 Å². The molecule has 14 nitrogen and oxygen atoms in total. The molecule has 0 aromatic heterocycles. The van der Waals surface area contributed by atoms with Crippen LogP contribution in [0.5, 0.6) is 11.5 Å². The largest absolute Gasteiger partial charge is 0.514 e. The molecular formula is C26H27NO13. The maximum Gasteiger partial charge on any atom is 0.514 e. The summed E-state index contributed by atoms with van der Waals surface area (Å²) in [5.74, 6) is -2.50. The van der Waals surface area contributed by atoms with Crippen LogP contribution in [0.15, 0.2) is 48.5 Å². The average molecular weight is 561 g/mol. The van der Waals surface area contributed by atoms with Gasteiger partial charge in [0.1, 0.15) is 18.1 Å². The fourth-order valence-corrected chi connectivity index (χ4v) is 3.84. The van der Waals surface area contributed by atoms with E-state index in [0.717, 1.165) is 0 Å². The van der Waals surface area contributed by atoms with Crippen LogP contribution in [0.2, 0.25) is 0 Å². The summed E-state index contributed by atoms with van der Waals surface area (Å²) in [6, 6.07) is 11.1. The zero-order valence-corrected chi connectivity index (χ0v) is 22.0. The predicted molar refractivity (Wildman–Crippen MR) is 132 cm³/mol. The number of esters is 3. The molecule has 40 heavy (non-hydrogen) atoms. The van der Waals surface area contributed by atoms with Crippen molar-refractivity contribution in [1.29, 1.82) is 0 Å². The van der Waals surface area contributed by atoms with Crippen molar-refractivity contribution in [3.63, 3.8) is 0 Å². The highest BCUT2D eigenvalue weighted by molar-refractivity contribution is 5.75. The number of hydrogen-bond donors (Lipinski definition) is 0. The van der Waals surface area contributed by atoms with Gasteiger partial charge >= 0.3 is 24.1 Å². The molecule has 1 aliphatic heterocycles. The minimum absolute atomic E-state index is 0.0702. The van der Waals surface area contributed by atoms with Gasteiger partial charge < -0.3 is 33.2 Å². The van der Waals surface area contributed by atoms with E-state index in [1.165, 1.54) is 57.4 Å². The molecule has 1 saturated heterocycles. The van der Waals surface area contributed by atoms with Crippen molar-refractivity contribution in [2.75, 3.05) is 7.11 Å². The van der Waals surface area contributed by atoms with E-state index >= 15 is 0 Å². The van der Waals surface area contributed by atoms with Gasteiger partial charge in [0.15, 0.2) is 12.2 Å². The lowest BCUT2D eigenvalue weighted by Gasteiger charge is -2.42. The lowest BCUT2D eigenvalue weighted by atomic mass is 9.90.